The molecule has 1 aliphatic heterocycles. The molecule has 1 saturated heterocycles. The number of hydrogen-bond donors (Lipinski definition) is 2. The van der Waals surface area contributed by atoms with Gasteiger partial charge in [0.05, 0.1) is 5.69 Å². The third-order valence-corrected chi connectivity index (χ3v) is 3.52. The van der Waals surface area contributed by atoms with E-state index in [0.717, 1.165) is 37.3 Å². The number of likely N-dealkylation sites (tertiary alicyclic amines) is 1. The number of nitrogens with zero attached hydrogens (tertiary/aromatic N) is 4. The first-order valence-corrected chi connectivity index (χ1v) is 7.27. The Kier molecular flexibility index (Phi) is 6.98. The number of piperidine rings is 1. The number of hydrogen-bond acceptors (Lipinski definition) is 2. The molecule has 1 aromatic rings. The highest BCUT2D eigenvalue weighted by atomic mass is 35.5. The highest BCUT2D eigenvalue weighted by Crippen LogP contribution is 2.18. The summed E-state index contributed by atoms with van der Waals surface area (Å²) in [5, 5.41) is 0. The van der Waals surface area contributed by atoms with Gasteiger partial charge in [-0.25, -0.2) is 4.99 Å². The van der Waals surface area contributed by atoms with Gasteiger partial charge in [0.1, 0.15) is 0 Å². The molecule has 6 nitrogen and oxygen atoms in total. The standard InChI is InChI=1S/C15H24N6.ClH/c1-20(2)13-8-6-12(7-9-13)18-14(16)19-15(17)21-10-4-3-5-11-21;/h6-9H,3-5,10-11H2,1-2H3,(H4,16,17,18,19);1H. The van der Waals surface area contributed by atoms with E-state index in [1.165, 1.54) is 6.42 Å². The maximum absolute atomic E-state index is 5.98. The minimum absolute atomic E-state index is 0. The van der Waals surface area contributed by atoms with Crippen molar-refractivity contribution in [3.63, 3.8) is 0 Å². The number of benzene rings is 1. The molecule has 0 aromatic heterocycles. The van der Waals surface area contributed by atoms with Crippen LogP contribution in [0.1, 0.15) is 19.3 Å². The predicted octanol–water partition coefficient (Wildman–Crippen LogP) is 1.92. The second kappa shape index (κ2) is 8.48. The fraction of sp³-hybridized carbons (Fsp3) is 0.467. The lowest BCUT2D eigenvalue weighted by atomic mass is 10.1. The van der Waals surface area contributed by atoms with Gasteiger partial charge >= 0.3 is 0 Å². The number of aliphatic imine (C=N–C) groups is 2. The highest BCUT2D eigenvalue weighted by molar-refractivity contribution is 5.94. The van der Waals surface area contributed by atoms with Crippen molar-refractivity contribution < 1.29 is 0 Å². The zero-order valence-corrected chi connectivity index (χ0v) is 14.0. The molecule has 0 bridgehead atoms. The van der Waals surface area contributed by atoms with Crippen LogP contribution >= 0.6 is 12.4 Å². The summed E-state index contributed by atoms with van der Waals surface area (Å²) < 4.78 is 0. The summed E-state index contributed by atoms with van der Waals surface area (Å²) in [6.07, 6.45) is 3.56. The van der Waals surface area contributed by atoms with Gasteiger partial charge in [-0.1, -0.05) is 0 Å². The van der Waals surface area contributed by atoms with Crippen LogP contribution in [0.5, 0.6) is 0 Å². The van der Waals surface area contributed by atoms with Crippen LogP contribution in [0.2, 0.25) is 0 Å². The molecule has 0 radical (unpaired) electrons. The molecular formula is C15H25ClN6. The van der Waals surface area contributed by atoms with Crippen LogP contribution in [-0.2, 0) is 0 Å². The van der Waals surface area contributed by atoms with Crippen molar-refractivity contribution in [2.45, 2.75) is 19.3 Å². The summed E-state index contributed by atoms with van der Waals surface area (Å²) in [6, 6.07) is 7.80. The van der Waals surface area contributed by atoms with Gasteiger partial charge in [-0.3, -0.25) is 0 Å². The first-order chi connectivity index (χ1) is 10.1. The summed E-state index contributed by atoms with van der Waals surface area (Å²) in [6.45, 7) is 1.89. The molecule has 0 unspecified atom stereocenters. The molecule has 1 heterocycles. The first-order valence-electron chi connectivity index (χ1n) is 7.27. The molecule has 1 aromatic carbocycles. The molecule has 1 aliphatic rings. The summed E-state index contributed by atoms with van der Waals surface area (Å²) in [5.74, 6) is 0.650. The van der Waals surface area contributed by atoms with Crippen LogP contribution in [0.4, 0.5) is 11.4 Å². The molecule has 0 spiro atoms. The molecule has 0 amide bonds. The topological polar surface area (TPSA) is 83.2 Å². The van der Waals surface area contributed by atoms with Crippen molar-refractivity contribution in [1.29, 1.82) is 0 Å². The van der Waals surface area contributed by atoms with E-state index in [9.17, 15) is 0 Å². The van der Waals surface area contributed by atoms with Crippen molar-refractivity contribution in [3.8, 4) is 0 Å². The summed E-state index contributed by atoms with van der Waals surface area (Å²) in [7, 11) is 3.99. The summed E-state index contributed by atoms with van der Waals surface area (Å²) >= 11 is 0. The van der Waals surface area contributed by atoms with Crippen LogP contribution in [-0.4, -0.2) is 44.0 Å². The Balaban J connectivity index is 0.00000242. The Morgan fingerprint density at radius 3 is 2.18 bits per heavy atom. The average Bonchev–Trinajstić information content (AvgIpc) is 2.48. The SMILES string of the molecule is CN(C)c1ccc(N=C(N)N=C(N)N2CCCCC2)cc1.Cl. The van der Waals surface area contributed by atoms with Crippen molar-refractivity contribution in [2.75, 3.05) is 32.1 Å². The summed E-state index contributed by atoms with van der Waals surface area (Å²) in [4.78, 5) is 12.6. The lowest BCUT2D eigenvalue weighted by Gasteiger charge is -2.27. The molecule has 7 heteroatoms. The fourth-order valence-electron chi connectivity index (χ4n) is 2.29. The number of guanidine groups is 2. The van der Waals surface area contributed by atoms with Crippen LogP contribution in [0.15, 0.2) is 34.3 Å². The van der Waals surface area contributed by atoms with Crippen LogP contribution < -0.4 is 16.4 Å². The molecule has 4 N–H and O–H groups in total. The van der Waals surface area contributed by atoms with Crippen molar-refractivity contribution in [2.24, 2.45) is 21.5 Å². The lowest BCUT2D eigenvalue weighted by Crippen LogP contribution is -2.41. The van der Waals surface area contributed by atoms with Gasteiger partial charge < -0.3 is 21.3 Å². The molecule has 122 valence electrons. The maximum Gasteiger partial charge on any atom is 0.223 e. The Morgan fingerprint density at radius 2 is 1.64 bits per heavy atom. The molecule has 2 rings (SSSR count). The van der Waals surface area contributed by atoms with Crippen LogP contribution in [0.25, 0.3) is 0 Å². The quantitative estimate of drug-likeness (QED) is 0.643. The Bertz CT molecular complexity index is 517. The van der Waals surface area contributed by atoms with E-state index in [4.69, 9.17) is 11.5 Å². The predicted molar refractivity (Wildman–Crippen MR) is 96.3 cm³/mol. The number of anilines is 1. The largest absolute Gasteiger partial charge is 0.378 e. The van der Waals surface area contributed by atoms with E-state index in [2.05, 4.69) is 14.9 Å². The first kappa shape index (κ1) is 18.1. The average molecular weight is 325 g/mol. The highest BCUT2D eigenvalue weighted by Gasteiger charge is 2.12. The van der Waals surface area contributed by atoms with Crippen molar-refractivity contribution in [1.82, 2.24) is 4.90 Å². The van der Waals surface area contributed by atoms with Gasteiger partial charge in [0.2, 0.25) is 5.96 Å². The van der Waals surface area contributed by atoms with E-state index in [1.54, 1.807) is 0 Å². The minimum Gasteiger partial charge on any atom is -0.378 e. The minimum atomic E-state index is 0. The molecule has 0 aliphatic carbocycles. The zero-order valence-electron chi connectivity index (χ0n) is 13.2. The zero-order chi connectivity index (χ0) is 15.2. The van der Waals surface area contributed by atoms with Gasteiger partial charge in [0, 0.05) is 32.9 Å². The van der Waals surface area contributed by atoms with E-state index in [1.807, 2.05) is 43.3 Å². The van der Waals surface area contributed by atoms with Crippen molar-refractivity contribution in [3.05, 3.63) is 24.3 Å². The third-order valence-electron chi connectivity index (χ3n) is 3.52. The fourth-order valence-corrected chi connectivity index (χ4v) is 2.29. The molecular weight excluding hydrogens is 300 g/mol. The monoisotopic (exact) mass is 324 g/mol. The maximum atomic E-state index is 5.98. The van der Waals surface area contributed by atoms with Gasteiger partial charge in [0.25, 0.3) is 0 Å². The lowest BCUT2D eigenvalue weighted by molar-refractivity contribution is 0.339. The molecule has 0 saturated carbocycles. The summed E-state index contributed by atoms with van der Waals surface area (Å²) in [5.41, 5.74) is 13.7. The van der Waals surface area contributed by atoms with E-state index in [0.29, 0.717) is 5.96 Å². The third kappa shape index (κ3) is 5.11. The van der Waals surface area contributed by atoms with Gasteiger partial charge in [-0.15, -0.1) is 12.4 Å². The van der Waals surface area contributed by atoms with Gasteiger partial charge in [-0.05, 0) is 43.5 Å². The van der Waals surface area contributed by atoms with E-state index in [-0.39, 0.29) is 18.4 Å². The second-order valence-electron chi connectivity index (χ2n) is 5.40. The molecule has 0 atom stereocenters. The smallest absolute Gasteiger partial charge is 0.223 e. The van der Waals surface area contributed by atoms with Crippen LogP contribution in [0, 0.1) is 0 Å². The van der Waals surface area contributed by atoms with Gasteiger partial charge in [-0.2, -0.15) is 4.99 Å². The molecule has 22 heavy (non-hydrogen) atoms. The Labute approximate surface area is 138 Å². The second-order valence-corrected chi connectivity index (χ2v) is 5.40. The Morgan fingerprint density at radius 1 is 1.05 bits per heavy atom. The Hall–Kier alpha value is -1.95. The van der Waals surface area contributed by atoms with Gasteiger partial charge in [0.15, 0.2) is 5.96 Å². The number of nitrogens with two attached hydrogens (primary N) is 2. The van der Waals surface area contributed by atoms with Crippen molar-refractivity contribution >= 4 is 35.7 Å². The molecule has 1 fully saturated rings. The van der Waals surface area contributed by atoms with Crippen LogP contribution in [0.3, 0.4) is 0 Å². The number of halogens is 1. The normalized spacial score (nSPS) is 16.2. The number of rotatable bonds is 2. The van der Waals surface area contributed by atoms with E-state index >= 15 is 0 Å². The van der Waals surface area contributed by atoms with E-state index < -0.39 is 0 Å².